The van der Waals surface area contributed by atoms with E-state index in [-0.39, 0.29) is 11.7 Å². The zero-order chi connectivity index (χ0) is 18.2. The highest BCUT2D eigenvalue weighted by Crippen LogP contribution is 2.34. The molecule has 6 nitrogen and oxygen atoms in total. The number of aromatic nitrogens is 3. The van der Waals surface area contributed by atoms with Gasteiger partial charge in [0.05, 0.1) is 6.04 Å². The molecule has 0 radical (unpaired) electrons. The molecule has 1 saturated heterocycles. The summed E-state index contributed by atoms with van der Waals surface area (Å²) in [6.45, 7) is 2.48. The van der Waals surface area contributed by atoms with E-state index in [9.17, 15) is 18.0 Å². The third-order valence-electron chi connectivity index (χ3n) is 4.32. The molecule has 1 fully saturated rings. The lowest BCUT2D eigenvalue weighted by Crippen LogP contribution is -2.31. The van der Waals surface area contributed by atoms with Crippen LogP contribution in [0.15, 0.2) is 16.7 Å². The number of rotatable bonds is 4. The number of carbonyl (C=O) groups is 1. The number of nitrogens with zero attached hydrogens (tertiary/aromatic N) is 4. The Balaban J connectivity index is 1.83. The molecule has 0 bridgehead atoms. The molecule has 0 spiro atoms. The van der Waals surface area contributed by atoms with E-state index in [0.29, 0.717) is 23.3 Å². The Morgan fingerprint density at radius 3 is 2.80 bits per heavy atom. The van der Waals surface area contributed by atoms with E-state index >= 15 is 0 Å². The average Bonchev–Trinajstić information content (AvgIpc) is 3.23. The molecule has 25 heavy (non-hydrogen) atoms. The lowest BCUT2D eigenvalue weighted by atomic mass is 10.1. The largest absolute Gasteiger partial charge is 0.433 e. The van der Waals surface area contributed by atoms with E-state index in [1.807, 2.05) is 13.0 Å². The normalized spacial score (nSPS) is 18.1. The molecule has 3 rings (SSSR count). The van der Waals surface area contributed by atoms with Crippen molar-refractivity contribution in [2.24, 2.45) is 7.05 Å². The van der Waals surface area contributed by atoms with Gasteiger partial charge in [-0.25, -0.2) is 0 Å². The van der Waals surface area contributed by atoms with Gasteiger partial charge in [-0.05, 0) is 19.3 Å². The van der Waals surface area contributed by atoms with Gasteiger partial charge in [0.15, 0.2) is 5.69 Å². The Labute approximate surface area is 142 Å². The smallest absolute Gasteiger partial charge is 0.361 e. The van der Waals surface area contributed by atoms with Gasteiger partial charge in [0, 0.05) is 32.1 Å². The summed E-state index contributed by atoms with van der Waals surface area (Å²) in [6.07, 6.45) is -1.43. The van der Waals surface area contributed by atoms with Crippen molar-refractivity contribution in [1.29, 1.82) is 0 Å². The lowest BCUT2D eigenvalue weighted by Gasteiger charge is -2.21. The third-order valence-corrected chi connectivity index (χ3v) is 4.32. The van der Waals surface area contributed by atoms with Gasteiger partial charge in [-0.15, -0.1) is 0 Å². The number of halogens is 3. The van der Waals surface area contributed by atoms with Crippen molar-refractivity contribution in [1.82, 2.24) is 19.8 Å². The molecular weight excluding hydrogens is 337 g/mol. The van der Waals surface area contributed by atoms with Crippen molar-refractivity contribution in [3.63, 3.8) is 0 Å². The maximum Gasteiger partial charge on any atom is 0.433 e. The molecule has 1 aliphatic rings. The van der Waals surface area contributed by atoms with Crippen molar-refractivity contribution in [2.45, 2.75) is 44.8 Å². The number of hydrogen-bond donors (Lipinski definition) is 0. The summed E-state index contributed by atoms with van der Waals surface area (Å²) in [6, 6.07) is 2.32. The predicted octanol–water partition coefficient (Wildman–Crippen LogP) is 3.36. The van der Waals surface area contributed by atoms with E-state index in [0.717, 1.165) is 31.1 Å². The lowest BCUT2D eigenvalue weighted by molar-refractivity contribution is -0.143. The number of likely N-dealkylation sites (tertiary alicyclic amines) is 1. The topological polar surface area (TPSA) is 64.2 Å². The standard InChI is InChI=1S/C16H19F3N4O2/c1-3-5-10-8-11(21-25-10)13-6-4-7-23(13)15(24)12-9-14(16(17,18)19)22(2)20-12/h8-9,13H,3-7H2,1-2H3. The fourth-order valence-electron chi connectivity index (χ4n) is 3.15. The van der Waals surface area contributed by atoms with Crippen LogP contribution in [0, 0.1) is 0 Å². The Morgan fingerprint density at radius 2 is 2.16 bits per heavy atom. The first kappa shape index (κ1) is 17.5. The summed E-state index contributed by atoms with van der Waals surface area (Å²) in [5.41, 5.74) is -0.515. The minimum absolute atomic E-state index is 0.209. The van der Waals surface area contributed by atoms with E-state index in [2.05, 4.69) is 10.3 Å². The minimum Gasteiger partial charge on any atom is -0.361 e. The van der Waals surface area contributed by atoms with Crippen LogP contribution in [0.1, 0.15) is 59.9 Å². The van der Waals surface area contributed by atoms with E-state index in [1.165, 1.54) is 11.9 Å². The van der Waals surface area contributed by atoms with E-state index < -0.39 is 17.8 Å². The van der Waals surface area contributed by atoms with Crippen LogP contribution < -0.4 is 0 Å². The molecule has 1 amide bonds. The average molecular weight is 356 g/mol. The van der Waals surface area contributed by atoms with Crippen molar-refractivity contribution in [3.8, 4) is 0 Å². The third kappa shape index (κ3) is 3.40. The summed E-state index contributed by atoms with van der Waals surface area (Å²) in [5, 5.41) is 7.78. The van der Waals surface area contributed by atoms with Crippen LogP contribution in [0.3, 0.4) is 0 Å². The monoisotopic (exact) mass is 356 g/mol. The number of hydrogen-bond acceptors (Lipinski definition) is 4. The van der Waals surface area contributed by atoms with Gasteiger partial charge in [0.2, 0.25) is 0 Å². The molecule has 0 N–H and O–H groups in total. The highest BCUT2D eigenvalue weighted by molar-refractivity contribution is 5.93. The quantitative estimate of drug-likeness (QED) is 0.843. The van der Waals surface area contributed by atoms with Gasteiger partial charge in [-0.3, -0.25) is 9.48 Å². The van der Waals surface area contributed by atoms with E-state index in [1.54, 1.807) is 0 Å². The summed E-state index contributed by atoms with van der Waals surface area (Å²) in [5.74, 6) is 0.225. The summed E-state index contributed by atoms with van der Waals surface area (Å²) in [7, 11) is 1.18. The molecule has 1 aliphatic heterocycles. The first-order valence-electron chi connectivity index (χ1n) is 8.19. The molecule has 3 heterocycles. The SMILES string of the molecule is CCCc1cc(C2CCCN2C(=O)c2cc(C(F)(F)F)n(C)n2)no1. The molecule has 1 unspecified atom stereocenters. The zero-order valence-electron chi connectivity index (χ0n) is 14.0. The summed E-state index contributed by atoms with van der Waals surface area (Å²) in [4.78, 5) is 14.2. The van der Waals surface area contributed by atoms with Crippen LogP contribution in [0.4, 0.5) is 13.2 Å². The van der Waals surface area contributed by atoms with Crippen LogP contribution >= 0.6 is 0 Å². The fraction of sp³-hybridized carbons (Fsp3) is 0.562. The number of carbonyl (C=O) groups excluding carboxylic acids is 1. The minimum atomic E-state index is -4.55. The van der Waals surface area contributed by atoms with Crippen molar-refractivity contribution >= 4 is 5.91 Å². The van der Waals surface area contributed by atoms with Crippen molar-refractivity contribution in [3.05, 3.63) is 35.0 Å². The molecule has 0 saturated carbocycles. The van der Waals surface area contributed by atoms with Gasteiger partial charge < -0.3 is 9.42 Å². The second kappa shape index (κ2) is 6.53. The Hall–Kier alpha value is -2.32. The molecule has 136 valence electrons. The molecule has 1 atom stereocenters. The van der Waals surface area contributed by atoms with Crippen LogP contribution in [0.5, 0.6) is 0 Å². The Kier molecular flexibility index (Phi) is 4.57. The Morgan fingerprint density at radius 1 is 1.40 bits per heavy atom. The Bertz CT molecular complexity index is 766. The number of aryl methyl sites for hydroxylation is 2. The predicted molar refractivity (Wildman–Crippen MR) is 81.7 cm³/mol. The fourth-order valence-corrected chi connectivity index (χ4v) is 3.15. The highest BCUT2D eigenvalue weighted by Gasteiger charge is 2.38. The zero-order valence-corrected chi connectivity index (χ0v) is 14.0. The van der Waals surface area contributed by atoms with Crippen molar-refractivity contribution in [2.75, 3.05) is 6.54 Å². The summed E-state index contributed by atoms with van der Waals surface area (Å²) < 4.78 is 44.7. The summed E-state index contributed by atoms with van der Waals surface area (Å²) >= 11 is 0. The van der Waals surface area contributed by atoms with Gasteiger partial charge in [-0.1, -0.05) is 12.1 Å². The molecular formula is C16H19F3N4O2. The van der Waals surface area contributed by atoms with Gasteiger partial charge >= 0.3 is 6.18 Å². The maximum atomic E-state index is 12.9. The number of amides is 1. The van der Waals surface area contributed by atoms with Crippen LogP contribution in [-0.4, -0.2) is 32.3 Å². The highest BCUT2D eigenvalue weighted by atomic mass is 19.4. The molecule has 2 aromatic rings. The molecule has 0 aliphatic carbocycles. The second-order valence-electron chi connectivity index (χ2n) is 6.16. The molecule has 9 heteroatoms. The maximum absolute atomic E-state index is 12.9. The first-order chi connectivity index (χ1) is 11.8. The van der Waals surface area contributed by atoms with Crippen LogP contribution in [0.25, 0.3) is 0 Å². The van der Waals surface area contributed by atoms with Gasteiger partial charge in [-0.2, -0.15) is 18.3 Å². The van der Waals surface area contributed by atoms with Crippen molar-refractivity contribution < 1.29 is 22.5 Å². The van der Waals surface area contributed by atoms with E-state index in [4.69, 9.17) is 4.52 Å². The van der Waals surface area contributed by atoms with Crippen LogP contribution in [-0.2, 0) is 19.6 Å². The van der Waals surface area contributed by atoms with Gasteiger partial charge in [0.1, 0.15) is 17.1 Å². The van der Waals surface area contributed by atoms with Crippen LogP contribution in [0.2, 0.25) is 0 Å². The number of alkyl halides is 3. The van der Waals surface area contributed by atoms with Gasteiger partial charge in [0.25, 0.3) is 5.91 Å². The first-order valence-corrected chi connectivity index (χ1v) is 8.19. The molecule has 2 aromatic heterocycles. The second-order valence-corrected chi connectivity index (χ2v) is 6.16. The molecule has 0 aromatic carbocycles.